The molecule has 1 heterocycles. The van der Waals surface area contributed by atoms with Gasteiger partial charge >= 0.3 is 5.97 Å². The lowest BCUT2D eigenvalue weighted by Gasteiger charge is -2.22. The van der Waals surface area contributed by atoms with Crippen molar-refractivity contribution in [2.75, 3.05) is 0 Å². The van der Waals surface area contributed by atoms with E-state index in [1.54, 1.807) is 16.8 Å². The number of benzene rings is 1. The van der Waals surface area contributed by atoms with E-state index in [4.69, 9.17) is 5.11 Å². The van der Waals surface area contributed by atoms with Crippen molar-refractivity contribution in [2.24, 2.45) is 0 Å². The van der Waals surface area contributed by atoms with Crippen LogP contribution in [0.2, 0.25) is 0 Å². The molecule has 0 bridgehead atoms. The van der Waals surface area contributed by atoms with Crippen LogP contribution in [0.1, 0.15) is 25.8 Å². The minimum Gasteiger partial charge on any atom is -0.481 e. The third-order valence-electron chi connectivity index (χ3n) is 2.71. The molecule has 0 aliphatic heterocycles. The highest BCUT2D eigenvalue weighted by molar-refractivity contribution is 7.16. The van der Waals surface area contributed by atoms with E-state index in [-0.39, 0.29) is 11.8 Å². The molecule has 1 N–H and O–H groups in total. The number of aliphatic carboxylic acids is 1. The second-order valence-electron chi connectivity index (χ2n) is 4.49. The zero-order valence-corrected chi connectivity index (χ0v) is 10.0. The average molecular weight is 235 g/mol. The van der Waals surface area contributed by atoms with Crippen molar-refractivity contribution < 1.29 is 9.90 Å². The topological polar surface area (TPSA) is 50.2 Å². The maximum Gasteiger partial charge on any atom is 0.304 e. The SMILES string of the molecule is CC(C)(CC(=O)O)c1ccc2ncsc2c1. The maximum atomic E-state index is 10.8. The fourth-order valence-electron chi connectivity index (χ4n) is 1.76. The van der Waals surface area contributed by atoms with Gasteiger partial charge in [-0.3, -0.25) is 4.79 Å². The number of thiazole rings is 1. The highest BCUT2D eigenvalue weighted by atomic mass is 32.1. The lowest BCUT2D eigenvalue weighted by molar-refractivity contribution is -0.138. The Morgan fingerprint density at radius 1 is 1.50 bits per heavy atom. The molecular weight excluding hydrogens is 222 g/mol. The Hall–Kier alpha value is -1.42. The number of fused-ring (bicyclic) bond motifs is 1. The van der Waals surface area contributed by atoms with Crippen LogP contribution >= 0.6 is 11.3 Å². The van der Waals surface area contributed by atoms with Crippen molar-refractivity contribution >= 4 is 27.5 Å². The standard InChI is InChI=1S/C12H13NO2S/c1-12(2,6-11(14)15)8-3-4-9-10(5-8)16-7-13-9/h3-5,7H,6H2,1-2H3,(H,14,15). The van der Waals surface area contributed by atoms with Crippen LogP contribution in [-0.4, -0.2) is 16.1 Å². The number of carbonyl (C=O) groups is 1. The minimum atomic E-state index is -0.769. The molecule has 0 unspecified atom stereocenters. The van der Waals surface area contributed by atoms with Crippen LogP contribution in [0.3, 0.4) is 0 Å². The van der Waals surface area contributed by atoms with Crippen LogP contribution in [0.5, 0.6) is 0 Å². The van der Waals surface area contributed by atoms with E-state index in [2.05, 4.69) is 4.98 Å². The van der Waals surface area contributed by atoms with Crippen LogP contribution in [0.15, 0.2) is 23.7 Å². The average Bonchev–Trinajstić information content (AvgIpc) is 2.61. The summed E-state index contributed by atoms with van der Waals surface area (Å²) in [6.07, 6.45) is 0.136. The highest BCUT2D eigenvalue weighted by Crippen LogP contribution is 2.30. The van der Waals surface area contributed by atoms with Gasteiger partial charge in [-0.25, -0.2) is 4.98 Å². The van der Waals surface area contributed by atoms with Crippen LogP contribution in [0, 0.1) is 0 Å². The van der Waals surface area contributed by atoms with Crippen LogP contribution in [0.4, 0.5) is 0 Å². The molecule has 0 amide bonds. The highest BCUT2D eigenvalue weighted by Gasteiger charge is 2.24. The van der Waals surface area contributed by atoms with Gasteiger partial charge in [-0.2, -0.15) is 0 Å². The molecule has 0 fully saturated rings. The van der Waals surface area contributed by atoms with E-state index in [0.29, 0.717) is 0 Å². The van der Waals surface area contributed by atoms with Gasteiger partial charge in [0.05, 0.1) is 22.1 Å². The number of hydrogen-bond acceptors (Lipinski definition) is 3. The van der Waals surface area contributed by atoms with Crippen molar-refractivity contribution in [3.8, 4) is 0 Å². The largest absolute Gasteiger partial charge is 0.481 e. The van der Waals surface area contributed by atoms with Gasteiger partial charge in [-0.05, 0) is 17.7 Å². The molecule has 1 aromatic carbocycles. The predicted octanol–water partition coefficient (Wildman–Crippen LogP) is 3.05. The van der Waals surface area contributed by atoms with Gasteiger partial charge < -0.3 is 5.11 Å². The molecule has 2 aromatic rings. The van der Waals surface area contributed by atoms with Gasteiger partial charge in [0.25, 0.3) is 0 Å². The van der Waals surface area contributed by atoms with Gasteiger partial charge in [-0.1, -0.05) is 19.9 Å². The molecule has 3 nitrogen and oxygen atoms in total. The Balaban J connectivity index is 2.41. The monoisotopic (exact) mass is 235 g/mol. The van der Waals surface area contributed by atoms with Crippen LogP contribution in [0.25, 0.3) is 10.2 Å². The molecule has 0 aliphatic carbocycles. The second kappa shape index (κ2) is 3.87. The fraction of sp³-hybridized carbons (Fsp3) is 0.333. The molecule has 2 rings (SSSR count). The third-order valence-corrected chi connectivity index (χ3v) is 3.50. The third kappa shape index (κ3) is 2.07. The van der Waals surface area contributed by atoms with Gasteiger partial charge in [0.15, 0.2) is 0 Å². The van der Waals surface area contributed by atoms with E-state index in [9.17, 15) is 4.79 Å². The Morgan fingerprint density at radius 3 is 2.94 bits per heavy atom. The summed E-state index contributed by atoms with van der Waals surface area (Å²) >= 11 is 1.58. The molecular formula is C12H13NO2S. The lowest BCUT2D eigenvalue weighted by Crippen LogP contribution is -2.21. The quantitative estimate of drug-likeness (QED) is 0.889. The van der Waals surface area contributed by atoms with Crippen molar-refractivity contribution in [2.45, 2.75) is 25.7 Å². The van der Waals surface area contributed by atoms with Crippen molar-refractivity contribution in [3.63, 3.8) is 0 Å². The molecule has 84 valence electrons. The van der Waals surface area contributed by atoms with Gasteiger partial charge in [-0.15, -0.1) is 11.3 Å². The van der Waals surface area contributed by atoms with E-state index in [1.807, 2.05) is 32.0 Å². The fourth-order valence-corrected chi connectivity index (χ4v) is 2.47. The van der Waals surface area contributed by atoms with E-state index >= 15 is 0 Å². The number of nitrogens with zero attached hydrogens (tertiary/aromatic N) is 1. The summed E-state index contributed by atoms with van der Waals surface area (Å²) in [5, 5.41) is 8.87. The molecule has 0 atom stereocenters. The number of aromatic nitrogens is 1. The number of carboxylic acid groups (broad SMARTS) is 1. The Kier molecular flexibility index (Phi) is 2.68. The number of rotatable bonds is 3. The Bertz CT molecular complexity index is 531. The van der Waals surface area contributed by atoms with E-state index in [0.717, 1.165) is 15.8 Å². The molecule has 0 saturated carbocycles. The normalized spacial score (nSPS) is 11.9. The zero-order valence-electron chi connectivity index (χ0n) is 9.23. The van der Waals surface area contributed by atoms with Crippen molar-refractivity contribution in [3.05, 3.63) is 29.3 Å². The van der Waals surface area contributed by atoms with Gasteiger partial charge in [0, 0.05) is 5.41 Å². The lowest BCUT2D eigenvalue weighted by atomic mass is 9.81. The first-order valence-electron chi connectivity index (χ1n) is 5.04. The first kappa shape index (κ1) is 11.1. The summed E-state index contributed by atoms with van der Waals surface area (Å²) in [7, 11) is 0. The molecule has 16 heavy (non-hydrogen) atoms. The Labute approximate surface area is 97.8 Å². The molecule has 0 spiro atoms. The minimum absolute atomic E-state index is 0.136. The zero-order chi connectivity index (χ0) is 11.8. The van der Waals surface area contributed by atoms with Gasteiger partial charge in [0.2, 0.25) is 0 Å². The summed E-state index contributed by atoms with van der Waals surface area (Å²) < 4.78 is 1.11. The summed E-state index contributed by atoms with van der Waals surface area (Å²) in [5.41, 5.74) is 3.48. The first-order chi connectivity index (χ1) is 7.49. The maximum absolute atomic E-state index is 10.8. The summed E-state index contributed by atoms with van der Waals surface area (Å²) in [6, 6.07) is 5.95. The number of carboxylic acids is 1. The van der Waals surface area contributed by atoms with Gasteiger partial charge in [0.1, 0.15) is 0 Å². The summed E-state index contributed by atoms with van der Waals surface area (Å²) in [5.74, 6) is -0.769. The molecule has 4 heteroatoms. The summed E-state index contributed by atoms with van der Waals surface area (Å²) in [4.78, 5) is 15.0. The van der Waals surface area contributed by atoms with E-state index < -0.39 is 5.97 Å². The second-order valence-corrected chi connectivity index (χ2v) is 5.38. The van der Waals surface area contributed by atoms with Crippen LogP contribution in [-0.2, 0) is 10.2 Å². The van der Waals surface area contributed by atoms with Crippen molar-refractivity contribution in [1.29, 1.82) is 0 Å². The molecule has 1 aromatic heterocycles. The molecule has 0 aliphatic rings. The first-order valence-corrected chi connectivity index (χ1v) is 5.92. The van der Waals surface area contributed by atoms with Crippen molar-refractivity contribution in [1.82, 2.24) is 4.98 Å². The van der Waals surface area contributed by atoms with E-state index in [1.165, 1.54) is 0 Å². The van der Waals surface area contributed by atoms with Crippen LogP contribution < -0.4 is 0 Å². The Morgan fingerprint density at radius 2 is 2.25 bits per heavy atom. The summed E-state index contributed by atoms with van der Waals surface area (Å²) in [6.45, 7) is 3.90. The molecule has 0 radical (unpaired) electrons. The predicted molar refractivity (Wildman–Crippen MR) is 64.9 cm³/mol. The smallest absolute Gasteiger partial charge is 0.304 e. The number of hydrogen-bond donors (Lipinski definition) is 1. The molecule has 0 saturated heterocycles.